The summed E-state index contributed by atoms with van der Waals surface area (Å²) in [5, 5.41) is 5.19. The number of hydrogen-bond acceptors (Lipinski definition) is 0. The van der Waals surface area contributed by atoms with Crippen LogP contribution in [0.5, 0.6) is 0 Å². The van der Waals surface area contributed by atoms with E-state index < -0.39 is 10.0 Å². The van der Waals surface area contributed by atoms with Crippen LogP contribution in [0.15, 0.2) is 192 Å². The molecule has 0 unspecified atom stereocenters. The maximum Gasteiger partial charge on any atom is 0.0159 e. The summed E-state index contributed by atoms with van der Waals surface area (Å²) >= 11 is 0. The molecule has 0 aromatic heterocycles. The minimum absolute atomic E-state index is 0.0891. The molecule has 0 fully saturated rings. The van der Waals surface area contributed by atoms with Crippen molar-refractivity contribution in [1.82, 2.24) is 0 Å². The first-order valence-electron chi connectivity index (χ1n) is 19.7. The second-order valence-corrected chi connectivity index (χ2v) is 20.0. The Hall–Kier alpha value is -6.15. The van der Waals surface area contributed by atoms with E-state index in [9.17, 15) is 0 Å². The molecule has 1 aliphatic heterocycles. The lowest BCUT2D eigenvalue weighted by atomic mass is 9.80. The normalized spacial score (nSPS) is 14.9. The molecule has 0 N–H and O–H groups in total. The van der Waals surface area contributed by atoms with Crippen LogP contribution in [0.25, 0.3) is 88.3 Å². The summed E-state index contributed by atoms with van der Waals surface area (Å²) in [4.78, 5) is 2.96. The largest absolute Gasteiger partial charge is 0.192 e. The van der Waals surface area contributed by atoms with Crippen LogP contribution in [0.2, 0.25) is 0 Å². The molecule has 0 spiro atoms. The summed E-state index contributed by atoms with van der Waals surface area (Å²) in [5.74, 6) is 0. The molecule has 56 heavy (non-hydrogen) atoms. The molecule has 0 radical (unpaired) electrons. The van der Waals surface area contributed by atoms with Gasteiger partial charge < -0.3 is 0 Å². The molecule has 11 rings (SSSR count). The summed E-state index contributed by atoms with van der Waals surface area (Å²) < 4.78 is 0. The van der Waals surface area contributed by atoms with Gasteiger partial charge in [-0.2, -0.15) is 10.0 Å². The highest BCUT2D eigenvalue weighted by molar-refractivity contribution is 8.33. The molecule has 0 amide bonds. The maximum absolute atomic E-state index is 2.59. The number of hydrogen-bond donors (Lipinski definition) is 0. The van der Waals surface area contributed by atoms with Crippen LogP contribution in [0.3, 0.4) is 0 Å². The van der Waals surface area contributed by atoms with Crippen molar-refractivity contribution in [2.45, 2.75) is 29.1 Å². The van der Waals surface area contributed by atoms with E-state index in [1.165, 1.54) is 109 Å². The first-order valence-corrected chi connectivity index (χ1v) is 22.1. The lowest BCUT2D eigenvalue weighted by Crippen LogP contribution is -2.14. The van der Waals surface area contributed by atoms with E-state index in [1.807, 2.05) is 0 Å². The second kappa shape index (κ2) is 12.2. The Labute approximate surface area is 331 Å². The molecule has 0 bridgehead atoms. The van der Waals surface area contributed by atoms with E-state index >= 15 is 0 Å². The van der Waals surface area contributed by atoms with Gasteiger partial charge in [0.25, 0.3) is 0 Å². The third-order valence-electron chi connectivity index (χ3n) is 12.7. The van der Waals surface area contributed by atoms with Crippen LogP contribution in [0.4, 0.5) is 0 Å². The Balaban J connectivity index is 1.27. The van der Waals surface area contributed by atoms with E-state index in [-0.39, 0.29) is 5.41 Å². The van der Waals surface area contributed by atoms with Gasteiger partial charge in [-0.25, -0.2) is 0 Å². The first-order chi connectivity index (χ1) is 27.3. The van der Waals surface area contributed by atoms with Crippen molar-refractivity contribution >= 4 is 31.6 Å². The van der Waals surface area contributed by atoms with Gasteiger partial charge in [0.05, 0.1) is 0 Å². The zero-order valence-corrected chi connectivity index (χ0v) is 33.0. The predicted molar refractivity (Wildman–Crippen MR) is 242 cm³/mol. The summed E-state index contributed by atoms with van der Waals surface area (Å²) in [6.07, 6.45) is 4.96. The molecule has 0 atom stereocenters. The van der Waals surface area contributed by atoms with Crippen LogP contribution in [0, 0.1) is 0 Å². The Morgan fingerprint density at radius 3 is 1.52 bits per heavy atom. The van der Waals surface area contributed by atoms with Crippen molar-refractivity contribution in [3.63, 3.8) is 0 Å². The Morgan fingerprint density at radius 2 is 0.839 bits per heavy atom. The Morgan fingerprint density at radius 1 is 0.321 bits per heavy atom. The molecule has 268 valence electrons. The van der Waals surface area contributed by atoms with Crippen molar-refractivity contribution in [2.24, 2.45) is 0 Å². The third-order valence-corrected chi connectivity index (χ3v) is 15.6. The van der Waals surface area contributed by atoms with E-state index in [0.29, 0.717) is 0 Å². The fraction of sp³-hybridized carbons (Fsp3) is 0.0909. The predicted octanol–water partition coefficient (Wildman–Crippen LogP) is 15.4. The van der Waals surface area contributed by atoms with Crippen LogP contribution in [-0.4, -0.2) is 12.5 Å². The summed E-state index contributed by atoms with van der Waals surface area (Å²) in [6, 6.07) is 68.6. The van der Waals surface area contributed by atoms with Gasteiger partial charge in [0.15, 0.2) is 0 Å². The summed E-state index contributed by atoms with van der Waals surface area (Å²) in [5.41, 5.74) is 18.2. The van der Waals surface area contributed by atoms with E-state index in [1.54, 1.807) is 0 Å². The summed E-state index contributed by atoms with van der Waals surface area (Å²) in [7, 11) is -1.24. The number of benzene rings is 9. The molecule has 1 heteroatoms. The minimum Gasteiger partial charge on any atom is -0.192 e. The fourth-order valence-corrected chi connectivity index (χ4v) is 12.5. The highest BCUT2D eigenvalue weighted by Gasteiger charge is 2.36. The molecule has 9 aromatic carbocycles. The van der Waals surface area contributed by atoms with Gasteiger partial charge in [0.2, 0.25) is 0 Å². The quantitative estimate of drug-likeness (QED) is 0.158. The third kappa shape index (κ3) is 4.80. The molecule has 0 nitrogen and oxygen atoms in total. The van der Waals surface area contributed by atoms with E-state index in [4.69, 9.17) is 0 Å². The van der Waals surface area contributed by atoms with Gasteiger partial charge in [-0.05, 0) is 154 Å². The number of fused-ring (bicyclic) bond motifs is 8. The highest BCUT2D eigenvalue weighted by Crippen LogP contribution is 2.68. The zero-order chi connectivity index (χ0) is 37.8. The van der Waals surface area contributed by atoms with Gasteiger partial charge >= 0.3 is 0 Å². The molecule has 0 saturated carbocycles. The molecular formula is C55H42S. The van der Waals surface area contributed by atoms with Crippen molar-refractivity contribution < 1.29 is 0 Å². The van der Waals surface area contributed by atoms with E-state index in [0.717, 1.165) is 0 Å². The van der Waals surface area contributed by atoms with Crippen molar-refractivity contribution in [3.05, 3.63) is 193 Å². The first kappa shape index (κ1) is 33.2. The molecule has 2 aliphatic rings. The molecule has 9 aromatic rings. The number of rotatable bonds is 4. The zero-order valence-electron chi connectivity index (χ0n) is 32.2. The molecule has 1 heterocycles. The van der Waals surface area contributed by atoms with E-state index in [2.05, 4.69) is 208 Å². The van der Waals surface area contributed by atoms with Gasteiger partial charge in [0.1, 0.15) is 0 Å². The Kier molecular flexibility index (Phi) is 7.22. The van der Waals surface area contributed by atoms with Crippen molar-refractivity contribution in [1.29, 1.82) is 0 Å². The van der Waals surface area contributed by atoms with Gasteiger partial charge in [-0.1, -0.05) is 153 Å². The van der Waals surface area contributed by atoms with Crippen molar-refractivity contribution in [2.75, 3.05) is 12.5 Å². The van der Waals surface area contributed by atoms with Crippen LogP contribution >= 0.6 is 10.0 Å². The Bertz CT molecular complexity index is 3000. The minimum atomic E-state index is -1.24. The van der Waals surface area contributed by atoms with Crippen LogP contribution in [0.1, 0.15) is 25.0 Å². The van der Waals surface area contributed by atoms with Gasteiger partial charge in [-0.15, -0.1) is 0 Å². The molecule has 0 saturated heterocycles. The SMILES string of the molecule is CC1(C)c2ccccc2-c2ccc(-c3c4ccccc4c(-c4cc(-c5ccccc5)cc(-c5ccccc5)c4)c4cc5c(cc34)S(C)(C)c3ccccc3-5)cc21. The lowest BCUT2D eigenvalue weighted by molar-refractivity contribution is 0.660. The highest BCUT2D eigenvalue weighted by atomic mass is 32.3. The maximum atomic E-state index is 2.59. The lowest BCUT2D eigenvalue weighted by Gasteiger charge is -2.29. The summed E-state index contributed by atoms with van der Waals surface area (Å²) in [6.45, 7) is 4.78. The average Bonchev–Trinajstić information content (AvgIpc) is 3.61. The fourth-order valence-electron chi connectivity index (χ4n) is 9.94. The monoisotopic (exact) mass is 734 g/mol. The topological polar surface area (TPSA) is 0 Å². The second-order valence-electron chi connectivity index (χ2n) is 16.5. The molecular weight excluding hydrogens is 693 g/mol. The van der Waals surface area contributed by atoms with Gasteiger partial charge in [-0.3, -0.25) is 0 Å². The average molecular weight is 735 g/mol. The van der Waals surface area contributed by atoms with Crippen molar-refractivity contribution in [3.8, 4) is 66.8 Å². The van der Waals surface area contributed by atoms with Crippen LogP contribution < -0.4 is 0 Å². The standard InChI is InChI=1S/C55H42S/c1-55(2)49-25-15-13-21-41(49)42-28-27-37(32-50(42)55)53-44-23-11-12-24-45(44)54(47-33-46-43-22-14-16-26-51(43)56(3,4)52(46)34-48(47)53)40-30-38(35-17-7-5-8-18-35)29-39(31-40)36-19-9-6-10-20-36/h5-34H,1-4H3. The smallest absolute Gasteiger partial charge is 0.0159 e. The van der Waals surface area contributed by atoms with Gasteiger partial charge in [0, 0.05) is 15.2 Å². The molecule has 1 aliphatic carbocycles. The van der Waals surface area contributed by atoms with Crippen LogP contribution in [-0.2, 0) is 5.41 Å².